The van der Waals surface area contributed by atoms with Crippen molar-refractivity contribution in [1.82, 2.24) is 10.6 Å². The molecule has 0 saturated carbocycles. The van der Waals surface area contributed by atoms with Crippen LogP contribution in [0.2, 0.25) is 0 Å². The van der Waals surface area contributed by atoms with Crippen molar-refractivity contribution in [3.05, 3.63) is 23.8 Å². The molecule has 1 aromatic carbocycles. The number of benzene rings is 1. The monoisotopic (exact) mass is 264 g/mol. The lowest BCUT2D eigenvalue weighted by Crippen LogP contribution is -2.51. The van der Waals surface area contributed by atoms with Crippen LogP contribution >= 0.6 is 0 Å². The van der Waals surface area contributed by atoms with Crippen LogP contribution in [-0.2, 0) is 16.1 Å². The molecule has 1 fully saturated rings. The highest BCUT2D eigenvalue weighted by molar-refractivity contribution is 5.82. The molecule has 19 heavy (non-hydrogen) atoms. The van der Waals surface area contributed by atoms with Gasteiger partial charge in [0, 0.05) is 13.1 Å². The van der Waals surface area contributed by atoms with Crippen molar-refractivity contribution in [2.24, 2.45) is 0 Å². The van der Waals surface area contributed by atoms with E-state index in [1.54, 1.807) is 0 Å². The van der Waals surface area contributed by atoms with E-state index in [0.717, 1.165) is 17.1 Å². The summed E-state index contributed by atoms with van der Waals surface area (Å²) in [5, 5.41) is 6.00. The summed E-state index contributed by atoms with van der Waals surface area (Å²) >= 11 is 0. The van der Waals surface area contributed by atoms with Crippen LogP contribution in [0.15, 0.2) is 18.2 Å². The highest BCUT2D eigenvalue weighted by Gasteiger charge is 2.21. The van der Waals surface area contributed by atoms with E-state index in [1.807, 2.05) is 18.2 Å². The lowest BCUT2D eigenvalue weighted by atomic mass is 10.2. The quantitative estimate of drug-likeness (QED) is 0.805. The number of nitrogens with one attached hydrogen (secondary N) is 2. The van der Waals surface area contributed by atoms with E-state index < -0.39 is 0 Å². The highest BCUT2D eigenvalue weighted by atomic mass is 16.7. The van der Waals surface area contributed by atoms with Crippen molar-refractivity contribution >= 4 is 5.91 Å². The minimum atomic E-state index is -0.261. The average Bonchev–Trinajstić information content (AvgIpc) is 2.93. The Kier molecular flexibility index (Phi) is 3.52. The van der Waals surface area contributed by atoms with Gasteiger partial charge in [-0.2, -0.15) is 0 Å². The topological polar surface area (TPSA) is 68.8 Å². The molecule has 1 saturated heterocycles. The van der Waals surface area contributed by atoms with Crippen LogP contribution in [0.5, 0.6) is 11.5 Å². The number of rotatable bonds is 3. The van der Waals surface area contributed by atoms with Gasteiger partial charge in [0.1, 0.15) is 6.04 Å². The van der Waals surface area contributed by atoms with Gasteiger partial charge in [-0.05, 0) is 17.7 Å². The van der Waals surface area contributed by atoms with E-state index in [9.17, 15) is 4.79 Å². The van der Waals surface area contributed by atoms with Crippen LogP contribution in [0.25, 0.3) is 0 Å². The Morgan fingerprint density at radius 1 is 1.37 bits per heavy atom. The molecule has 2 aliphatic rings. The van der Waals surface area contributed by atoms with Gasteiger partial charge in [0.15, 0.2) is 11.5 Å². The first kappa shape index (κ1) is 12.3. The molecule has 6 heteroatoms. The predicted molar refractivity (Wildman–Crippen MR) is 67.0 cm³/mol. The second-order valence-electron chi connectivity index (χ2n) is 4.49. The molecule has 1 aromatic rings. The lowest BCUT2D eigenvalue weighted by Gasteiger charge is -2.22. The Labute approximate surface area is 111 Å². The summed E-state index contributed by atoms with van der Waals surface area (Å²) in [7, 11) is 0. The van der Waals surface area contributed by atoms with Crippen LogP contribution in [0, 0.1) is 0 Å². The van der Waals surface area contributed by atoms with Gasteiger partial charge in [-0.3, -0.25) is 4.79 Å². The van der Waals surface area contributed by atoms with E-state index in [1.165, 1.54) is 0 Å². The van der Waals surface area contributed by atoms with Gasteiger partial charge in [0.25, 0.3) is 0 Å². The van der Waals surface area contributed by atoms with E-state index in [2.05, 4.69) is 10.6 Å². The molecule has 3 rings (SSSR count). The summed E-state index contributed by atoms with van der Waals surface area (Å²) in [6, 6.07) is 5.39. The number of morpholine rings is 1. The fourth-order valence-corrected chi connectivity index (χ4v) is 2.10. The van der Waals surface area contributed by atoms with Gasteiger partial charge in [-0.25, -0.2) is 0 Å². The normalized spacial score (nSPS) is 21.2. The van der Waals surface area contributed by atoms with Crippen molar-refractivity contribution < 1.29 is 19.0 Å². The number of carbonyl (C=O) groups is 1. The molecular weight excluding hydrogens is 248 g/mol. The maximum absolute atomic E-state index is 11.9. The van der Waals surface area contributed by atoms with E-state index in [-0.39, 0.29) is 18.7 Å². The zero-order valence-corrected chi connectivity index (χ0v) is 10.5. The third-order valence-corrected chi connectivity index (χ3v) is 3.14. The largest absolute Gasteiger partial charge is 0.454 e. The third-order valence-electron chi connectivity index (χ3n) is 3.14. The smallest absolute Gasteiger partial charge is 0.239 e. The summed E-state index contributed by atoms with van der Waals surface area (Å²) in [4.78, 5) is 11.9. The second-order valence-corrected chi connectivity index (χ2v) is 4.49. The molecule has 0 aromatic heterocycles. The number of ether oxygens (including phenoxy) is 3. The van der Waals surface area contributed by atoms with Crippen LogP contribution in [-0.4, -0.2) is 38.5 Å². The lowest BCUT2D eigenvalue weighted by molar-refractivity contribution is -0.126. The fourth-order valence-electron chi connectivity index (χ4n) is 2.10. The van der Waals surface area contributed by atoms with Gasteiger partial charge < -0.3 is 24.8 Å². The van der Waals surface area contributed by atoms with Crippen molar-refractivity contribution in [2.75, 3.05) is 26.6 Å². The van der Waals surface area contributed by atoms with Crippen molar-refractivity contribution in [1.29, 1.82) is 0 Å². The van der Waals surface area contributed by atoms with Gasteiger partial charge in [0.2, 0.25) is 12.7 Å². The molecule has 102 valence electrons. The van der Waals surface area contributed by atoms with Gasteiger partial charge in [-0.1, -0.05) is 6.07 Å². The van der Waals surface area contributed by atoms with E-state index in [4.69, 9.17) is 14.2 Å². The SMILES string of the molecule is O=C(NCc1ccc2c(c1)OCO2)C1COCCN1. The van der Waals surface area contributed by atoms with Gasteiger partial charge in [-0.15, -0.1) is 0 Å². The standard InChI is InChI=1S/C13H16N2O4/c16-13(10-7-17-4-3-14-10)15-6-9-1-2-11-12(5-9)19-8-18-11/h1-2,5,10,14H,3-4,6-8H2,(H,15,16). The minimum absolute atomic E-state index is 0.0441. The van der Waals surface area contributed by atoms with Crippen LogP contribution < -0.4 is 20.1 Å². The summed E-state index contributed by atoms with van der Waals surface area (Å²) in [6.07, 6.45) is 0. The van der Waals surface area contributed by atoms with Crippen molar-refractivity contribution in [3.63, 3.8) is 0 Å². The third kappa shape index (κ3) is 2.80. The Bertz CT molecular complexity index is 472. The molecule has 0 radical (unpaired) electrons. The number of amides is 1. The van der Waals surface area contributed by atoms with Crippen LogP contribution in [0.3, 0.4) is 0 Å². The Hall–Kier alpha value is -1.79. The van der Waals surface area contributed by atoms with Crippen LogP contribution in [0.4, 0.5) is 0 Å². The number of fused-ring (bicyclic) bond motifs is 1. The zero-order valence-electron chi connectivity index (χ0n) is 10.5. The van der Waals surface area contributed by atoms with Crippen molar-refractivity contribution in [2.45, 2.75) is 12.6 Å². The molecule has 2 aliphatic heterocycles. The summed E-state index contributed by atoms with van der Waals surface area (Å²) in [5.41, 5.74) is 0.981. The number of hydrogen-bond donors (Lipinski definition) is 2. The maximum Gasteiger partial charge on any atom is 0.239 e. The van der Waals surface area contributed by atoms with Crippen LogP contribution in [0.1, 0.15) is 5.56 Å². The molecule has 0 aliphatic carbocycles. The summed E-state index contributed by atoms with van der Waals surface area (Å²) in [5.74, 6) is 1.43. The molecule has 1 atom stereocenters. The maximum atomic E-state index is 11.9. The van der Waals surface area contributed by atoms with E-state index >= 15 is 0 Å². The first-order chi connectivity index (χ1) is 9.33. The Balaban J connectivity index is 1.55. The van der Waals surface area contributed by atoms with Gasteiger partial charge in [0.05, 0.1) is 13.2 Å². The number of carbonyl (C=O) groups excluding carboxylic acids is 1. The van der Waals surface area contributed by atoms with E-state index in [0.29, 0.717) is 26.3 Å². The molecule has 2 heterocycles. The zero-order chi connectivity index (χ0) is 13.1. The molecule has 1 unspecified atom stereocenters. The Morgan fingerprint density at radius 3 is 3.11 bits per heavy atom. The molecular formula is C13H16N2O4. The summed E-state index contributed by atoms with van der Waals surface area (Å²) in [6.45, 7) is 2.52. The molecule has 0 bridgehead atoms. The van der Waals surface area contributed by atoms with Gasteiger partial charge >= 0.3 is 0 Å². The fraction of sp³-hybridized carbons (Fsp3) is 0.462. The Morgan fingerprint density at radius 2 is 2.26 bits per heavy atom. The second kappa shape index (κ2) is 5.46. The minimum Gasteiger partial charge on any atom is -0.454 e. The summed E-state index contributed by atoms with van der Waals surface area (Å²) < 4.78 is 15.8. The molecule has 0 spiro atoms. The highest BCUT2D eigenvalue weighted by Crippen LogP contribution is 2.32. The first-order valence-corrected chi connectivity index (χ1v) is 6.30. The molecule has 1 amide bonds. The molecule has 2 N–H and O–H groups in total. The number of hydrogen-bond acceptors (Lipinski definition) is 5. The average molecular weight is 264 g/mol. The van der Waals surface area contributed by atoms with Crippen molar-refractivity contribution in [3.8, 4) is 11.5 Å². The first-order valence-electron chi connectivity index (χ1n) is 6.30. The predicted octanol–water partition coefficient (Wildman–Crippen LogP) is 0.0199. The molecule has 6 nitrogen and oxygen atoms in total.